The van der Waals surface area contributed by atoms with Gasteiger partial charge in [0.15, 0.2) is 0 Å². The molecule has 3 rings (SSSR count). The molecule has 0 aliphatic carbocycles. The second-order valence-electron chi connectivity index (χ2n) is 7.20. The molecule has 0 radical (unpaired) electrons. The molecule has 4 nitrogen and oxygen atoms in total. The minimum Gasteiger partial charge on any atom is -0.388 e. The highest BCUT2D eigenvalue weighted by Crippen LogP contribution is 2.24. The van der Waals surface area contributed by atoms with Crippen molar-refractivity contribution >= 4 is 0 Å². The fourth-order valence-corrected chi connectivity index (χ4v) is 4.12. The normalized spacial score (nSPS) is 29.9. The van der Waals surface area contributed by atoms with Crippen LogP contribution in [-0.2, 0) is 0 Å². The number of likely N-dealkylation sites (tertiary alicyclic amines) is 2. The molecule has 2 N–H and O–H groups in total. The van der Waals surface area contributed by atoms with Crippen LogP contribution in [0.4, 0.5) is 0 Å². The smallest absolute Gasteiger partial charge is 0.0798 e. The van der Waals surface area contributed by atoms with E-state index >= 15 is 0 Å². The molecular formula is C16H31N3O. The van der Waals surface area contributed by atoms with Crippen molar-refractivity contribution in [1.82, 2.24) is 15.1 Å². The molecule has 0 aromatic heterocycles. The molecule has 0 atom stereocenters. The lowest BCUT2D eigenvalue weighted by Gasteiger charge is -2.40. The summed E-state index contributed by atoms with van der Waals surface area (Å²) in [6.45, 7) is 9.19. The number of nitrogens with one attached hydrogen (secondary N) is 1. The van der Waals surface area contributed by atoms with Crippen LogP contribution >= 0.6 is 0 Å². The largest absolute Gasteiger partial charge is 0.388 e. The molecule has 116 valence electrons. The van der Waals surface area contributed by atoms with E-state index in [1.165, 1.54) is 58.4 Å². The summed E-state index contributed by atoms with van der Waals surface area (Å²) in [5.41, 5.74) is -0.424. The van der Waals surface area contributed by atoms with Crippen LogP contribution in [0.25, 0.3) is 0 Å². The van der Waals surface area contributed by atoms with Crippen LogP contribution in [0.3, 0.4) is 0 Å². The van der Waals surface area contributed by atoms with Gasteiger partial charge < -0.3 is 20.2 Å². The summed E-state index contributed by atoms with van der Waals surface area (Å²) in [6, 6.07) is 0. The maximum Gasteiger partial charge on any atom is 0.0798 e. The van der Waals surface area contributed by atoms with Gasteiger partial charge in [0.2, 0.25) is 0 Å². The van der Waals surface area contributed by atoms with E-state index < -0.39 is 5.60 Å². The average Bonchev–Trinajstić information content (AvgIpc) is 2.94. The zero-order valence-corrected chi connectivity index (χ0v) is 12.8. The van der Waals surface area contributed by atoms with E-state index in [0.717, 1.165) is 38.4 Å². The number of β-amino-alcohol motifs (C(OH)–C–C–N with tert-alkyl or cyclic N) is 1. The summed E-state index contributed by atoms with van der Waals surface area (Å²) in [7, 11) is 0. The van der Waals surface area contributed by atoms with Crippen LogP contribution < -0.4 is 5.32 Å². The third kappa shape index (κ3) is 3.94. The van der Waals surface area contributed by atoms with Crippen molar-refractivity contribution in [3.8, 4) is 0 Å². The van der Waals surface area contributed by atoms with Crippen LogP contribution in [0, 0.1) is 5.92 Å². The maximum atomic E-state index is 10.6. The summed E-state index contributed by atoms with van der Waals surface area (Å²) >= 11 is 0. The van der Waals surface area contributed by atoms with E-state index in [9.17, 15) is 5.11 Å². The molecule has 0 unspecified atom stereocenters. The first-order valence-corrected chi connectivity index (χ1v) is 8.61. The van der Waals surface area contributed by atoms with Crippen molar-refractivity contribution in [3.63, 3.8) is 0 Å². The minimum absolute atomic E-state index is 0.424. The second-order valence-corrected chi connectivity index (χ2v) is 7.20. The molecule has 0 spiro atoms. The molecule has 3 aliphatic rings. The van der Waals surface area contributed by atoms with Crippen LogP contribution in [0.2, 0.25) is 0 Å². The Morgan fingerprint density at radius 1 is 0.950 bits per heavy atom. The van der Waals surface area contributed by atoms with Crippen molar-refractivity contribution in [2.24, 2.45) is 5.92 Å². The van der Waals surface area contributed by atoms with Gasteiger partial charge in [0.05, 0.1) is 5.60 Å². The van der Waals surface area contributed by atoms with Crippen molar-refractivity contribution < 1.29 is 5.11 Å². The number of piperidine rings is 2. The van der Waals surface area contributed by atoms with Crippen LogP contribution in [0.5, 0.6) is 0 Å². The predicted octanol–water partition coefficient (Wildman–Crippen LogP) is 0.909. The van der Waals surface area contributed by atoms with Gasteiger partial charge in [0.25, 0.3) is 0 Å². The Balaban J connectivity index is 1.39. The summed E-state index contributed by atoms with van der Waals surface area (Å²) < 4.78 is 0. The van der Waals surface area contributed by atoms with Gasteiger partial charge in [-0.25, -0.2) is 0 Å². The van der Waals surface area contributed by atoms with Crippen molar-refractivity contribution in [1.29, 1.82) is 0 Å². The predicted molar refractivity (Wildman–Crippen MR) is 81.9 cm³/mol. The number of hydrogen-bond donors (Lipinski definition) is 2. The highest BCUT2D eigenvalue weighted by Gasteiger charge is 2.33. The van der Waals surface area contributed by atoms with Crippen molar-refractivity contribution in [2.45, 2.75) is 44.1 Å². The van der Waals surface area contributed by atoms with Crippen molar-refractivity contribution in [2.75, 3.05) is 52.4 Å². The van der Waals surface area contributed by atoms with E-state index in [1.54, 1.807) is 0 Å². The molecule has 0 aromatic carbocycles. The van der Waals surface area contributed by atoms with Gasteiger partial charge in [-0.3, -0.25) is 0 Å². The van der Waals surface area contributed by atoms with Crippen molar-refractivity contribution in [3.05, 3.63) is 0 Å². The van der Waals surface area contributed by atoms with Crippen LogP contribution in [-0.4, -0.2) is 72.9 Å². The van der Waals surface area contributed by atoms with Gasteiger partial charge >= 0.3 is 0 Å². The van der Waals surface area contributed by atoms with E-state index in [1.807, 2.05) is 0 Å². The van der Waals surface area contributed by atoms with E-state index in [0.29, 0.717) is 0 Å². The van der Waals surface area contributed by atoms with Crippen LogP contribution in [0.1, 0.15) is 38.5 Å². The average molecular weight is 281 g/mol. The van der Waals surface area contributed by atoms with Crippen LogP contribution in [0.15, 0.2) is 0 Å². The Kier molecular flexibility index (Phi) is 4.97. The maximum absolute atomic E-state index is 10.6. The molecule has 3 aliphatic heterocycles. The Hall–Kier alpha value is -0.160. The van der Waals surface area contributed by atoms with E-state index in [2.05, 4.69) is 15.1 Å². The molecular weight excluding hydrogens is 250 g/mol. The highest BCUT2D eigenvalue weighted by atomic mass is 16.3. The lowest BCUT2D eigenvalue weighted by molar-refractivity contribution is -0.0284. The fraction of sp³-hybridized carbons (Fsp3) is 1.00. The Bertz CT molecular complexity index is 290. The molecule has 0 amide bonds. The molecule has 3 fully saturated rings. The standard InChI is InChI=1S/C16H31N3O/c20-16(5-7-17-8-6-16)14-19-11-3-15(4-12-19)13-18-9-1-2-10-18/h15,17,20H,1-14H2. The van der Waals surface area contributed by atoms with Gasteiger partial charge in [-0.2, -0.15) is 0 Å². The molecule has 4 heteroatoms. The fourth-order valence-electron chi connectivity index (χ4n) is 4.12. The zero-order chi connectivity index (χ0) is 13.8. The summed E-state index contributed by atoms with van der Waals surface area (Å²) in [4.78, 5) is 5.16. The zero-order valence-electron chi connectivity index (χ0n) is 12.8. The topological polar surface area (TPSA) is 38.7 Å². The molecule has 20 heavy (non-hydrogen) atoms. The molecule has 0 aromatic rings. The first-order valence-electron chi connectivity index (χ1n) is 8.61. The second kappa shape index (κ2) is 6.73. The monoisotopic (exact) mass is 281 g/mol. The van der Waals surface area contributed by atoms with Gasteiger partial charge in [-0.1, -0.05) is 0 Å². The quantitative estimate of drug-likeness (QED) is 0.803. The van der Waals surface area contributed by atoms with E-state index in [-0.39, 0.29) is 0 Å². The number of aliphatic hydroxyl groups is 1. The highest BCUT2D eigenvalue weighted by molar-refractivity contribution is 4.89. The van der Waals surface area contributed by atoms with E-state index in [4.69, 9.17) is 0 Å². The first kappa shape index (κ1) is 14.8. The number of nitrogens with zero attached hydrogens (tertiary/aromatic N) is 2. The number of hydrogen-bond acceptors (Lipinski definition) is 4. The van der Waals surface area contributed by atoms with Gasteiger partial charge in [0.1, 0.15) is 0 Å². The Morgan fingerprint density at radius 3 is 2.25 bits per heavy atom. The van der Waals surface area contributed by atoms with Gasteiger partial charge in [-0.15, -0.1) is 0 Å². The van der Waals surface area contributed by atoms with Gasteiger partial charge in [0, 0.05) is 13.1 Å². The minimum atomic E-state index is -0.424. The Morgan fingerprint density at radius 2 is 1.60 bits per heavy atom. The SMILES string of the molecule is OC1(CN2CCC(CN3CCCC3)CC2)CCNCC1. The molecule has 0 bridgehead atoms. The summed E-state index contributed by atoms with van der Waals surface area (Å²) in [5, 5.41) is 14.0. The first-order chi connectivity index (χ1) is 9.73. The lowest BCUT2D eigenvalue weighted by Crippen LogP contribution is -2.51. The Labute approximate surface area is 123 Å². The summed E-state index contributed by atoms with van der Waals surface area (Å²) in [6.07, 6.45) is 7.29. The molecule has 0 saturated carbocycles. The number of rotatable bonds is 4. The molecule has 3 saturated heterocycles. The van der Waals surface area contributed by atoms with Gasteiger partial charge in [-0.05, 0) is 83.7 Å². The third-order valence-corrected chi connectivity index (χ3v) is 5.47. The lowest BCUT2D eigenvalue weighted by atomic mass is 9.89. The summed E-state index contributed by atoms with van der Waals surface area (Å²) in [5.74, 6) is 0.895. The third-order valence-electron chi connectivity index (χ3n) is 5.47. The molecule has 3 heterocycles.